The third-order valence-corrected chi connectivity index (χ3v) is 1.01. The normalized spacial score (nSPS) is 10.8. The molecule has 0 rings (SSSR count). The molecule has 0 heterocycles. The van der Waals surface area contributed by atoms with Crippen molar-refractivity contribution in [2.75, 3.05) is 6.61 Å². The van der Waals surface area contributed by atoms with Crippen LogP contribution in [0.4, 0.5) is 0 Å². The second-order valence-corrected chi connectivity index (χ2v) is 2.12. The summed E-state index contributed by atoms with van der Waals surface area (Å²) in [6.45, 7) is 5.26. The number of aliphatic hydroxyl groups is 1. The number of carbonyl (C=O) groups excluding carboxylic acids is 1. The van der Waals surface area contributed by atoms with Crippen LogP contribution in [0.2, 0.25) is 0 Å². The van der Waals surface area contributed by atoms with Crippen LogP contribution < -0.4 is 0 Å². The van der Waals surface area contributed by atoms with Crippen molar-refractivity contribution in [2.24, 2.45) is 0 Å². The van der Waals surface area contributed by atoms with E-state index < -0.39 is 0 Å². The van der Waals surface area contributed by atoms with Gasteiger partial charge in [0.25, 0.3) is 0 Å². The molecule has 0 aromatic carbocycles. The molecule has 1 N–H and O–H groups in total. The van der Waals surface area contributed by atoms with Crippen molar-refractivity contribution in [1.29, 1.82) is 0 Å². The summed E-state index contributed by atoms with van der Waals surface area (Å²) in [5, 5.41) is 8.42. The summed E-state index contributed by atoms with van der Waals surface area (Å²) in [5.41, 5.74) is 0.582. The van der Waals surface area contributed by atoms with E-state index in [9.17, 15) is 4.79 Å². The van der Waals surface area contributed by atoms with Crippen LogP contribution in [-0.4, -0.2) is 17.7 Å². The van der Waals surface area contributed by atoms with Crippen LogP contribution in [-0.2, 0) is 9.53 Å². The minimum atomic E-state index is -0.354. The van der Waals surface area contributed by atoms with Gasteiger partial charge >= 0.3 is 5.97 Å². The van der Waals surface area contributed by atoms with Gasteiger partial charge in [-0.25, -0.2) is 0 Å². The van der Waals surface area contributed by atoms with E-state index in [0.717, 1.165) is 6.26 Å². The number of carbonyl (C=O) groups is 1. The first-order valence-electron chi connectivity index (χ1n) is 3.27. The molecule has 0 bridgehead atoms. The molecule has 0 saturated heterocycles. The smallest absolute Gasteiger partial charge is 0.310 e. The average Bonchev–Trinajstić information content (AvgIpc) is 2.00. The highest BCUT2D eigenvalue weighted by atomic mass is 16.5. The van der Waals surface area contributed by atoms with Gasteiger partial charge in [-0.2, -0.15) is 0 Å². The first-order chi connectivity index (χ1) is 5.20. The standard InChI is InChI=1S/C8H12O3/c1-3-4-11-8(10)5-7(2)6-9/h3,6,9H,1,4-5H2,2H3. The van der Waals surface area contributed by atoms with Crippen molar-refractivity contribution < 1.29 is 14.6 Å². The molecule has 0 aromatic rings. The number of esters is 1. The summed E-state index contributed by atoms with van der Waals surface area (Å²) >= 11 is 0. The molecule has 0 aliphatic heterocycles. The Morgan fingerprint density at radius 1 is 1.73 bits per heavy atom. The summed E-state index contributed by atoms with van der Waals surface area (Å²) in [5.74, 6) is -0.354. The molecule has 0 aliphatic rings. The van der Waals surface area contributed by atoms with Crippen molar-refractivity contribution in [1.82, 2.24) is 0 Å². The van der Waals surface area contributed by atoms with Gasteiger partial charge in [-0.1, -0.05) is 12.7 Å². The van der Waals surface area contributed by atoms with E-state index in [2.05, 4.69) is 11.3 Å². The quantitative estimate of drug-likeness (QED) is 0.381. The fraction of sp³-hybridized carbons (Fsp3) is 0.375. The molecule has 0 fully saturated rings. The summed E-state index contributed by atoms with van der Waals surface area (Å²) in [7, 11) is 0. The molecule has 0 atom stereocenters. The Kier molecular flexibility index (Phi) is 4.90. The molecule has 0 aromatic heterocycles. The molecule has 0 spiro atoms. The monoisotopic (exact) mass is 156 g/mol. The van der Waals surface area contributed by atoms with Crippen LogP contribution in [0.1, 0.15) is 13.3 Å². The molecule has 0 saturated carbocycles. The maximum Gasteiger partial charge on any atom is 0.310 e. The highest BCUT2D eigenvalue weighted by molar-refractivity contribution is 5.72. The van der Waals surface area contributed by atoms with Crippen molar-refractivity contribution in [3.8, 4) is 0 Å². The van der Waals surface area contributed by atoms with Crippen molar-refractivity contribution >= 4 is 5.97 Å². The van der Waals surface area contributed by atoms with Crippen molar-refractivity contribution in [2.45, 2.75) is 13.3 Å². The van der Waals surface area contributed by atoms with E-state index in [1.165, 1.54) is 6.08 Å². The number of aliphatic hydroxyl groups excluding tert-OH is 1. The lowest BCUT2D eigenvalue weighted by molar-refractivity contribution is -0.141. The van der Waals surface area contributed by atoms with Crippen LogP contribution in [0.3, 0.4) is 0 Å². The van der Waals surface area contributed by atoms with E-state index in [1.54, 1.807) is 6.92 Å². The Bertz CT molecular complexity index is 170. The van der Waals surface area contributed by atoms with Crippen LogP contribution in [0, 0.1) is 0 Å². The van der Waals surface area contributed by atoms with Crippen LogP contribution in [0.25, 0.3) is 0 Å². The minimum absolute atomic E-state index is 0.129. The molecule has 3 nitrogen and oxygen atoms in total. The third kappa shape index (κ3) is 5.21. The number of ether oxygens (including phenoxy) is 1. The predicted octanol–water partition coefficient (Wildman–Crippen LogP) is 1.57. The van der Waals surface area contributed by atoms with Crippen LogP contribution in [0.5, 0.6) is 0 Å². The largest absolute Gasteiger partial charge is 0.516 e. The molecule has 11 heavy (non-hydrogen) atoms. The zero-order valence-corrected chi connectivity index (χ0v) is 6.54. The Morgan fingerprint density at radius 2 is 2.36 bits per heavy atom. The van der Waals surface area contributed by atoms with Crippen molar-refractivity contribution in [3.05, 3.63) is 24.5 Å². The lowest BCUT2D eigenvalue weighted by atomic mass is 10.2. The van der Waals surface area contributed by atoms with E-state index in [1.807, 2.05) is 0 Å². The van der Waals surface area contributed by atoms with Crippen LogP contribution >= 0.6 is 0 Å². The highest BCUT2D eigenvalue weighted by Crippen LogP contribution is 1.99. The molecule has 0 aliphatic carbocycles. The van der Waals surface area contributed by atoms with E-state index in [0.29, 0.717) is 5.57 Å². The van der Waals surface area contributed by atoms with E-state index >= 15 is 0 Å². The SMILES string of the molecule is C=CCOC(=O)CC(C)=CO. The zero-order valence-electron chi connectivity index (χ0n) is 6.54. The molecule has 0 amide bonds. The van der Waals surface area contributed by atoms with Gasteiger partial charge in [0.15, 0.2) is 0 Å². The lowest BCUT2D eigenvalue weighted by Crippen LogP contribution is -2.04. The summed E-state index contributed by atoms with van der Waals surface area (Å²) < 4.78 is 4.65. The summed E-state index contributed by atoms with van der Waals surface area (Å²) in [4.78, 5) is 10.7. The number of hydrogen-bond donors (Lipinski definition) is 1. The van der Waals surface area contributed by atoms with E-state index in [4.69, 9.17) is 5.11 Å². The fourth-order valence-corrected chi connectivity index (χ4v) is 0.476. The maximum absolute atomic E-state index is 10.7. The van der Waals surface area contributed by atoms with E-state index in [-0.39, 0.29) is 19.0 Å². The summed E-state index contributed by atoms with van der Waals surface area (Å²) in [6.07, 6.45) is 2.52. The summed E-state index contributed by atoms with van der Waals surface area (Å²) in [6, 6.07) is 0. The first-order valence-corrected chi connectivity index (χ1v) is 3.27. The minimum Gasteiger partial charge on any atom is -0.516 e. The molecular formula is C8H12O3. The second-order valence-electron chi connectivity index (χ2n) is 2.12. The Hall–Kier alpha value is -1.25. The predicted molar refractivity (Wildman–Crippen MR) is 42.2 cm³/mol. The average molecular weight is 156 g/mol. The molecule has 62 valence electrons. The number of rotatable bonds is 4. The molecule has 0 unspecified atom stereocenters. The molecular weight excluding hydrogens is 144 g/mol. The molecule has 3 heteroatoms. The fourth-order valence-electron chi connectivity index (χ4n) is 0.476. The number of hydrogen-bond acceptors (Lipinski definition) is 3. The van der Waals surface area contributed by atoms with Gasteiger partial charge in [-0.15, -0.1) is 0 Å². The van der Waals surface area contributed by atoms with Gasteiger partial charge < -0.3 is 9.84 Å². The maximum atomic E-state index is 10.7. The van der Waals surface area contributed by atoms with Gasteiger partial charge in [0.2, 0.25) is 0 Å². The Labute approximate surface area is 66.0 Å². The van der Waals surface area contributed by atoms with Crippen LogP contribution in [0.15, 0.2) is 24.5 Å². The van der Waals surface area contributed by atoms with Gasteiger partial charge in [0.1, 0.15) is 6.61 Å². The van der Waals surface area contributed by atoms with Gasteiger partial charge in [-0.05, 0) is 12.5 Å². The molecule has 0 radical (unpaired) electrons. The third-order valence-electron chi connectivity index (χ3n) is 1.01. The Balaban J connectivity index is 3.60. The Morgan fingerprint density at radius 3 is 2.82 bits per heavy atom. The van der Waals surface area contributed by atoms with Gasteiger partial charge in [0.05, 0.1) is 12.7 Å². The zero-order chi connectivity index (χ0) is 8.69. The second kappa shape index (κ2) is 5.53. The van der Waals surface area contributed by atoms with Gasteiger partial charge in [0, 0.05) is 0 Å². The van der Waals surface area contributed by atoms with Gasteiger partial charge in [-0.3, -0.25) is 4.79 Å². The first kappa shape index (κ1) is 9.75. The lowest BCUT2D eigenvalue weighted by Gasteiger charge is -1.99. The highest BCUT2D eigenvalue weighted by Gasteiger charge is 2.01. The van der Waals surface area contributed by atoms with Crippen molar-refractivity contribution in [3.63, 3.8) is 0 Å². The topological polar surface area (TPSA) is 46.5 Å².